The molecule has 0 saturated carbocycles. The molecule has 0 bridgehead atoms. The molecule has 0 radical (unpaired) electrons. The minimum atomic E-state index is -0.184. The Labute approximate surface area is 103 Å². The van der Waals surface area contributed by atoms with Crippen molar-refractivity contribution in [2.75, 3.05) is 18.8 Å². The molecule has 0 aromatic heterocycles. The summed E-state index contributed by atoms with van der Waals surface area (Å²) in [6.07, 6.45) is 1.27. The summed E-state index contributed by atoms with van der Waals surface area (Å²) in [6.45, 7) is 7.23. The first kappa shape index (κ1) is 12.4. The normalized spacial score (nSPS) is 26.1. The van der Waals surface area contributed by atoms with E-state index < -0.39 is 0 Å². The average Bonchev–Trinajstić information content (AvgIpc) is 2.22. The Morgan fingerprint density at radius 3 is 2.53 bits per heavy atom. The number of hydrogen-bond donors (Lipinski definition) is 1. The van der Waals surface area contributed by atoms with Gasteiger partial charge in [0.15, 0.2) is 0 Å². The lowest BCUT2D eigenvalue weighted by molar-refractivity contribution is 0.133. The number of rotatable bonds is 2. The highest BCUT2D eigenvalue weighted by molar-refractivity contribution is 5.47. The maximum absolute atomic E-state index is 13.7. The van der Waals surface area contributed by atoms with Crippen LogP contribution in [0.4, 0.5) is 10.1 Å². The highest BCUT2D eigenvalue weighted by Crippen LogP contribution is 2.25. The molecular weight excluding hydrogens is 215 g/mol. The Balaban J connectivity index is 2.10. The van der Waals surface area contributed by atoms with Crippen molar-refractivity contribution >= 4 is 5.69 Å². The molecule has 1 heterocycles. The van der Waals surface area contributed by atoms with Gasteiger partial charge < -0.3 is 5.73 Å². The van der Waals surface area contributed by atoms with Crippen LogP contribution in [0.25, 0.3) is 0 Å². The number of anilines is 1. The van der Waals surface area contributed by atoms with Crippen LogP contribution in [-0.4, -0.2) is 18.0 Å². The molecule has 1 fully saturated rings. The summed E-state index contributed by atoms with van der Waals surface area (Å²) in [5.74, 6) is 1.19. The van der Waals surface area contributed by atoms with Crippen LogP contribution >= 0.6 is 0 Å². The second-order valence-corrected chi connectivity index (χ2v) is 5.45. The summed E-state index contributed by atoms with van der Waals surface area (Å²) >= 11 is 0. The van der Waals surface area contributed by atoms with E-state index in [1.54, 1.807) is 12.1 Å². The highest BCUT2D eigenvalue weighted by atomic mass is 19.1. The van der Waals surface area contributed by atoms with E-state index in [4.69, 9.17) is 5.73 Å². The van der Waals surface area contributed by atoms with Gasteiger partial charge in [0, 0.05) is 30.9 Å². The zero-order valence-electron chi connectivity index (χ0n) is 10.6. The van der Waals surface area contributed by atoms with Crippen molar-refractivity contribution in [3.63, 3.8) is 0 Å². The van der Waals surface area contributed by atoms with Gasteiger partial charge in [-0.1, -0.05) is 19.9 Å². The first-order chi connectivity index (χ1) is 8.06. The summed E-state index contributed by atoms with van der Waals surface area (Å²) < 4.78 is 13.7. The number of halogens is 1. The number of benzene rings is 1. The number of likely N-dealkylation sites (tertiary alicyclic amines) is 1. The van der Waals surface area contributed by atoms with Crippen molar-refractivity contribution in [3.05, 3.63) is 29.6 Å². The molecular formula is C14H21FN2. The van der Waals surface area contributed by atoms with E-state index >= 15 is 0 Å². The standard InChI is InChI=1S/C14H21FN2/c1-10-6-11(2)8-17(7-10)9-12-13(15)4-3-5-14(12)16/h3-5,10-11H,6-9,16H2,1-2H3. The minimum Gasteiger partial charge on any atom is -0.398 e. The zero-order valence-corrected chi connectivity index (χ0v) is 10.6. The number of nitrogen functional groups attached to an aromatic ring is 1. The average molecular weight is 236 g/mol. The summed E-state index contributed by atoms with van der Waals surface area (Å²) in [4.78, 5) is 2.31. The van der Waals surface area contributed by atoms with E-state index in [0.717, 1.165) is 13.1 Å². The molecule has 2 atom stereocenters. The zero-order chi connectivity index (χ0) is 12.4. The smallest absolute Gasteiger partial charge is 0.129 e. The molecule has 3 heteroatoms. The maximum Gasteiger partial charge on any atom is 0.129 e. The summed E-state index contributed by atoms with van der Waals surface area (Å²) in [5.41, 5.74) is 7.05. The summed E-state index contributed by atoms with van der Waals surface area (Å²) in [5, 5.41) is 0. The van der Waals surface area contributed by atoms with Gasteiger partial charge in [0.05, 0.1) is 0 Å². The van der Waals surface area contributed by atoms with Crippen LogP contribution in [0.5, 0.6) is 0 Å². The number of nitrogens with zero attached hydrogens (tertiary/aromatic N) is 1. The fraction of sp³-hybridized carbons (Fsp3) is 0.571. The molecule has 94 valence electrons. The van der Waals surface area contributed by atoms with Gasteiger partial charge in [-0.15, -0.1) is 0 Å². The summed E-state index contributed by atoms with van der Waals surface area (Å²) in [7, 11) is 0. The van der Waals surface area contributed by atoms with Gasteiger partial charge in [0.2, 0.25) is 0 Å². The third-order valence-electron chi connectivity index (χ3n) is 3.48. The van der Waals surface area contributed by atoms with Crippen LogP contribution < -0.4 is 5.73 Å². The van der Waals surface area contributed by atoms with Crippen LogP contribution in [0.1, 0.15) is 25.8 Å². The maximum atomic E-state index is 13.7. The Morgan fingerprint density at radius 2 is 1.94 bits per heavy atom. The topological polar surface area (TPSA) is 29.3 Å². The largest absolute Gasteiger partial charge is 0.398 e. The third kappa shape index (κ3) is 2.97. The molecule has 1 aliphatic heterocycles. The van der Waals surface area contributed by atoms with Crippen LogP contribution in [0.2, 0.25) is 0 Å². The van der Waals surface area contributed by atoms with Gasteiger partial charge >= 0.3 is 0 Å². The van der Waals surface area contributed by atoms with Crippen molar-refractivity contribution in [1.29, 1.82) is 0 Å². The number of piperidine rings is 1. The van der Waals surface area contributed by atoms with Gasteiger partial charge in [-0.3, -0.25) is 4.90 Å². The van der Waals surface area contributed by atoms with E-state index in [-0.39, 0.29) is 5.82 Å². The third-order valence-corrected chi connectivity index (χ3v) is 3.48. The molecule has 0 spiro atoms. The molecule has 17 heavy (non-hydrogen) atoms. The van der Waals surface area contributed by atoms with Gasteiger partial charge in [-0.2, -0.15) is 0 Å². The van der Waals surface area contributed by atoms with Gasteiger partial charge in [-0.05, 0) is 30.4 Å². The van der Waals surface area contributed by atoms with E-state index in [9.17, 15) is 4.39 Å². The monoisotopic (exact) mass is 236 g/mol. The molecule has 2 N–H and O–H groups in total. The molecule has 2 nitrogen and oxygen atoms in total. The van der Waals surface area contributed by atoms with Crippen molar-refractivity contribution in [1.82, 2.24) is 4.90 Å². The minimum absolute atomic E-state index is 0.184. The van der Waals surface area contributed by atoms with Gasteiger partial charge in [0.25, 0.3) is 0 Å². The Hall–Kier alpha value is -1.09. The van der Waals surface area contributed by atoms with Crippen LogP contribution in [0, 0.1) is 17.7 Å². The fourth-order valence-electron chi connectivity index (χ4n) is 2.89. The van der Waals surface area contributed by atoms with Crippen molar-refractivity contribution < 1.29 is 4.39 Å². The molecule has 0 amide bonds. The lowest BCUT2D eigenvalue weighted by atomic mass is 9.91. The lowest BCUT2D eigenvalue weighted by Gasteiger charge is -2.35. The molecule has 1 saturated heterocycles. The van der Waals surface area contributed by atoms with Gasteiger partial charge in [0.1, 0.15) is 5.82 Å². The quantitative estimate of drug-likeness (QED) is 0.800. The van der Waals surface area contributed by atoms with Crippen LogP contribution in [0.15, 0.2) is 18.2 Å². The molecule has 2 rings (SSSR count). The van der Waals surface area contributed by atoms with Crippen molar-refractivity contribution in [2.24, 2.45) is 11.8 Å². The van der Waals surface area contributed by atoms with Crippen LogP contribution in [-0.2, 0) is 6.54 Å². The molecule has 1 aliphatic rings. The molecule has 0 aliphatic carbocycles. The van der Waals surface area contributed by atoms with E-state index in [2.05, 4.69) is 18.7 Å². The first-order valence-corrected chi connectivity index (χ1v) is 6.31. The Kier molecular flexibility index (Phi) is 3.67. The molecule has 1 aromatic carbocycles. The van der Waals surface area contributed by atoms with Gasteiger partial charge in [-0.25, -0.2) is 4.39 Å². The molecule has 1 aromatic rings. The Morgan fingerprint density at radius 1 is 1.29 bits per heavy atom. The summed E-state index contributed by atoms with van der Waals surface area (Å²) in [6, 6.07) is 4.92. The van der Waals surface area contributed by atoms with E-state index in [1.165, 1.54) is 12.5 Å². The van der Waals surface area contributed by atoms with Crippen molar-refractivity contribution in [2.45, 2.75) is 26.8 Å². The lowest BCUT2D eigenvalue weighted by Crippen LogP contribution is -2.38. The first-order valence-electron chi connectivity index (χ1n) is 6.31. The fourth-order valence-corrected chi connectivity index (χ4v) is 2.89. The SMILES string of the molecule is CC1CC(C)CN(Cc2c(N)cccc2F)C1. The molecule has 2 unspecified atom stereocenters. The highest BCUT2D eigenvalue weighted by Gasteiger charge is 2.22. The van der Waals surface area contributed by atoms with E-state index in [0.29, 0.717) is 29.6 Å². The second-order valence-electron chi connectivity index (χ2n) is 5.45. The second kappa shape index (κ2) is 5.05. The van der Waals surface area contributed by atoms with Crippen LogP contribution in [0.3, 0.4) is 0 Å². The van der Waals surface area contributed by atoms with Crippen molar-refractivity contribution in [3.8, 4) is 0 Å². The Bertz CT molecular complexity index is 362. The predicted octanol–water partition coefficient (Wildman–Crippen LogP) is 2.89. The number of nitrogens with two attached hydrogens (primary N) is 1. The van der Waals surface area contributed by atoms with E-state index in [1.807, 2.05) is 0 Å². The predicted molar refractivity (Wildman–Crippen MR) is 69.0 cm³/mol. The number of hydrogen-bond acceptors (Lipinski definition) is 2.